The number of halogens is 1. The van der Waals surface area contributed by atoms with Crippen LogP contribution in [0.25, 0.3) is 0 Å². The highest BCUT2D eigenvalue weighted by molar-refractivity contribution is 6.10. The molecule has 3 saturated carbocycles. The summed E-state index contributed by atoms with van der Waals surface area (Å²) in [5.41, 5.74) is 8.80. The molecule has 3 fully saturated rings. The Hall–Kier alpha value is -9.25. The SMILES string of the molecule is CC(C)(O)CNC(=O)c1ccc(COc2cccc3c2CN(C2CCC(=O)CC2=O)C3=O)cc1.CC(C)N(Cc1ccc(COc2cccc3c2CN(C2CCC(=O)CC2=O)C3=O)cc1)C(C)C.Cl.O=C1CCC(N2Cc3c(OCc4ccc(CNCCO)cc4)cccc3C2=O)C(=O)C1. The number of carbonyl (C=O) groups is 10. The Labute approximate surface area is 589 Å². The Balaban J connectivity index is 0.000000174. The number of hydrogen-bond acceptors (Lipinski definition) is 17. The number of aliphatic hydroxyl groups is 2. The van der Waals surface area contributed by atoms with Crippen molar-refractivity contribution in [1.82, 2.24) is 30.2 Å². The summed E-state index contributed by atoms with van der Waals surface area (Å²) in [6.45, 7) is 16.5. The minimum atomic E-state index is -0.988. The Morgan fingerprint density at radius 1 is 0.510 bits per heavy atom. The first-order chi connectivity index (χ1) is 47.4. The molecule has 21 nitrogen and oxygen atoms in total. The van der Waals surface area contributed by atoms with Crippen LogP contribution in [0.1, 0.15) is 185 Å². The van der Waals surface area contributed by atoms with E-state index in [1.54, 1.807) is 89.2 Å². The van der Waals surface area contributed by atoms with Crippen LogP contribution < -0.4 is 24.8 Å². The largest absolute Gasteiger partial charge is 0.489 e. The van der Waals surface area contributed by atoms with Crippen LogP contribution in [0.15, 0.2) is 127 Å². The molecule has 4 N–H and O–H groups in total. The van der Waals surface area contributed by atoms with Gasteiger partial charge < -0.3 is 49.8 Å². The molecule has 0 radical (unpaired) electrons. The smallest absolute Gasteiger partial charge is 0.255 e. The molecule has 6 aromatic carbocycles. The lowest BCUT2D eigenvalue weighted by atomic mass is 9.92. The van der Waals surface area contributed by atoms with Crippen molar-refractivity contribution in [2.24, 2.45) is 0 Å². The number of ketones is 6. The molecule has 0 aromatic heterocycles. The lowest BCUT2D eigenvalue weighted by molar-refractivity contribution is -0.134. The summed E-state index contributed by atoms with van der Waals surface area (Å²) in [5, 5.41) is 24.4. The summed E-state index contributed by atoms with van der Waals surface area (Å²) in [7, 11) is 0. The molecule has 0 bridgehead atoms. The van der Waals surface area contributed by atoms with Crippen LogP contribution in [-0.2, 0) is 81.3 Å². The van der Waals surface area contributed by atoms with Gasteiger partial charge in [-0.1, -0.05) is 78.9 Å². The van der Waals surface area contributed by atoms with E-state index in [-0.39, 0.29) is 116 Å². The molecule has 528 valence electrons. The number of ether oxygens (including phenoxy) is 3. The molecule has 100 heavy (non-hydrogen) atoms. The quantitative estimate of drug-likeness (QED) is 0.0343. The van der Waals surface area contributed by atoms with Crippen molar-refractivity contribution >= 4 is 70.7 Å². The number of carbonyl (C=O) groups excluding carboxylic acids is 10. The Morgan fingerprint density at radius 2 is 0.850 bits per heavy atom. The zero-order valence-electron chi connectivity index (χ0n) is 57.6. The highest BCUT2D eigenvalue weighted by Gasteiger charge is 2.43. The normalized spacial score (nSPS) is 18.1. The second-order valence-corrected chi connectivity index (χ2v) is 27.3. The molecule has 6 aliphatic rings. The molecule has 3 aliphatic heterocycles. The molecule has 3 atom stereocenters. The predicted octanol–water partition coefficient (Wildman–Crippen LogP) is 9.36. The number of nitrogens with zero attached hydrogens (tertiary/aromatic N) is 4. The molecule has 4 amide bonds. The van der Waals surface area contributed by atoms with Gasteiger partial charge in [-0.15, -0.1) is 12.4 Å². The number of fused-ring (bicyclic) bond motifs is 3. The van der Waals surface area contributed by atoms with Crippen LogP contribution in [0.2, 0.25) is 0 Å². The van der Waals surface area contributed by atoms with Crippen LogP contribution in [0.4, 0.5) is 0 Å². The highest BCUT2D eigenvalue weighted by Crippen LogP contribution is 2.38. The minimum absolute atomic E-state index is 0. The molecule has 0 spiro atoms. The molecule has 3 heterocycles. The van der Waals surface area contributed by atoms with Crippen molar-refractivity contribution in [3.63, 3.8) is 0 Å². The average molecular weight is 1390 g/mol. The van der Waals surface area contributed by atoms with Crippen molar-refractivity contribution < 1.29 is 72.4 Å². The third-order valence-corrected chi connectivity index (χ3v) is 18.7. The third-order valence-electron chi connectivity index (χ3n) is 18.7. The molecular weight excluding hydrogens is 1300 g/mol. The zero-order valence-corrected chi connectivity index (χ0v) is 58.4. The minimum Gasteiger partial charge on any atom is -0.489 e. The molecule has 6 aromatic rings. The van der Waals surface area contributed by atoms with E-state index in [4.69, 9.17) is 19.3 Å². The van der Waals surface area contributed by atoms with Gasteiger partial charge in [0.15, 0.2) is 17.3 Å². The maximum Gasteiger partial charge on any atom is 0.255 e. The van der Waals surface area contributed by atoms with Crippen LogP contribution in [0.5, 0.6) is 17.2 Å². The zero-order chi connectivity index (χ0) is 70.7. The van der Waals surface area contributed by atoms with E-state index in [0.717, 1.165) is 45.5 Å². The molecule has 12 rings (SSSR count). The maximum absolute atomic E-state index is 13.0. The topological polar surface area (TPSA) is 276 Å². The fourth-order valence-electron chi connectivity index (χ4n) is 13.3. The molecule has 22 heteroatoms. The Kier molecular flexibility index (Phi) is 25.3. The first-order valence-electron chi connectivity index (χ1n) is 34.1. The van der Waals surface area contributed by atoms with Crippen molar-refractivity contribution in [2.45, 2.75) is 188 Å². The summed E-state index contributed by atoms with van der Waals surface area (Å²) in [6, 6.07) is 38.9. The number of amides is 4. The van der Waals surface area contributed by atoms with Gasteiger partial charge in [-0.2, -0.15) is 0 Å². The number of benzene rings is 6. The van der Waals surface area contributed by atoms with Crippen LogP contribution in [-0.4, -0.2) is 144 Å². The number of rotatable bonds is 23. The Morgan fingerprint density at radius 3 is 1.18 bits per heavy atom. The number of nitrogens with one attached hydrogen (secondary N) is 2. The molecule has 3 unspecified atom stereocenters. The van der Waals surface area contributed by atoms with E-state index in [2.05, 4.69) is 67.5 Å². The van der Waals surface area contributed by atoms with E-state index >= 15 is 0 Å². The standard InChI is InChI=1S/C28H34N2O4.C26H28N2O6.C24H26N2O5.ClH/c1-18(2)29(19(3)4)15-20-8-10-21(11-9-20)17-34-27-7-5-6-23-24(27)16-30(28(23)33)25-13-12-22(31)14-26(25)32;1-26(2,33)15-27-24(31)17-8-6-16(7-9-17)14-34-23-5-3-4-19-20(23)13-28(25(19)32)21-11-10-18(29)12-22(21)30;27-11-10-25-13-16-4-6-17(7-5-16)15-31-23-3-1-2-19-20(23)14-26(24(19)30)21-9-8-18(28)12-22(21)29;/h5-11,18-19,25H,12-17H2,1-4H3;3-9,21,33H,10-15H2,1-2H3,(H,27,31);1-7,21,25,27H,8-15H2;1H. The summed E-state index contributed by atoms with van der Waals surface area (Å²) in [5.74, 6) is 0.367. The van der Waals surface area contributed by atoms with Crippen LogP contribution >= 0.6 is 12.4 Å². The first-order valence-corrected chi connectivity index (χ1v) is 34.1. The van der Waals surface area contributed by atoms with E-state index in [9.17, 15) is 53.1 Å². The fourth-order valence-corrected chi connectivity index (χ4v) is 13.3. The van der Waals surface area contributed by atoms with Gasteiger partial charge >= 0.3 is 0 Å². The van der Waals surface area contributed by atoms with Crippen molar-refractivity contribution in [3.8, 4) is 17.2 Å². The van der Waals surface area contributed by atoms with Gasteiger partial charge in [-0.3, -0.25) is 52.8 Å². The fraction of sp³-hybridized carbons (Fsp3) is 0.410. The number of Topliss-reactive ketones (excluding diaryl/α,β-unsaturated/α-hetero) is 6. The van der Waals surface area contributed by atoms with Gasteiger partial charge in [0, 0.05) is 96.5 Å². The monoisotopic (exact) mass is 1380 g/mol. The molecule has 3 aliphatic carbocycles. The van der Waals surface area contributed by atoms with E-state index in [1.807, 2.05) is 42.5 Å². The second kappa shape index (κ2) is 33.7. The lowest BCUT2D eigenvalue weighted by Gasteiger charge is -2.30. The third kappa shape index (κ3) is 18.6. The summed E-state index contributed by atoms with van der Waals surface area (Å²) in [4.78, 5) is 130. The first kappa shape index (κ1) is 75.0. The van der Waals surface area contributed by atoms with Gasteiger partial charge in [0.25, 0.3) is 23.6 Å². The molecule has 0 saturated heterocycles. The van der Waals surface area contributed by atoms with Crippen molar-refractivity contribution in [2.75, 3.05) is 19.7 Å². The van der Waals surface area contributed by atoms with Crippen LogP contribution in [0, 0.1) is 0 Å². The lowest BCUT2D eigenvalue weighted by Crippen LogP contribution is -2.44. The van der Waals surface area contributed by atoms with Gasteiger partial charge in [-0.25, -0.2) is 0 Å². The number of aliphatic hydroxyl groups excluding tert-OH is 1. The van der Waals surface area contributed by atoms with Crippen LogP contribution in [0.3, 0.4) is 0 Å². The van der Waals surface area contributed by atoms with E-state index < -0.39 is 23.7 Å². The van der Waals surface area contributed by atoms with E-state index in [1.165, 1.54) is 5.56 Å². The van der Waals surface area contributed by atoms with Crippen molar-refractivity contribution in [3.05, 3.63) is 194 Å². The predicted molar refractivity (Wildman–Crippen MR) is 375 cm³/mol. The summed E-state index contributed by atoms with van der Waals surface area (Å²) >= 11 is 0. The maximum atomic E-state index is 13.0. The average Bonchev–Trinajstić information content (AvgIpc) is 1.64. The van der Waals surface area contributed by atoms with E-state index in [0.29, 0.717) is 130 Å². The summed E-state index contributed by atoms with van der Waals surface area (Å²) < 4.78 is 18.2. The molecular formula is C78H89ClN6O15. The second-order valence-electron chi connectivity index (χ2n) is 27.3. The van der Waals surface area contributed by atoms with Gasteiger partial charge in [-0.05, 0) is 137 Å². The van der Waals surface area contributed by atoms with Gasteiger partial charge in [0.2, 0.25) is 0 Å². The highest BCUT2D eigenvalue weighted by atomic mass is 35.5. The van der Waals surface area contributed by atoms with Crippen molar-refractivity contribution in [1.29, 1.82) is 0 Å². The Bertz CT molecular complexity index is 4010. The van der Waals surface area contributed by atoms with Gasteiger partial charge in [0.1, 0.15) is 54.4 Å². The van der Waals surface area contributed by atoms with Gasteiger partial charge in [0.05, 0.1) is 69.2 Å². The number of hydrogen-bond donors (Lipinski definition) is 4. The summed E-state index contributed by atoms with van der Waals surface area (Å²) in [6.07, 6.45) is 1.90.